The molecule has 2 bridgehead atoms. The highest BCUT2D eigenvalue weighted by Crippen LogP contribution is 2.59. The largest absolute Gasteiger partial charge is 0.446 e. The number of halogens is 3. The number of hydrogen-bond acceptors (Lipinski definition) is 5. The number of nitrogens with one attached hydrogen (secondary N) is 1. The van der Waals surface area contributed by atoms with Gasteiger partial charge >= 0.3 is 5.51 Å². The summed E-state index contributed by atoms with van der Waals surface area (Å²) < 4.78 is 46.1. The SMILES string of the molecule is CC.Cc1nn2c(NC34CCCC(N5CC6(COC6)C5)(C3)C4)cccc2c1SC(F)(F)F. The molecule has 4 heterocycles. The van der Waals surface area contributed by atoms with E-state index in [-0.39, 0.29) is 27.7 Å². The lowest BCUT2D eigenvalue weighted by Crippen LogP contribution is -2.78. The fourth-order valence-electron chi connectivity index (χ4n) is 6.29. The molecule has 3 aliphatic carbocycles. The third-order valence-corrected chi connectivity index (χ3v) is 8.50. The quantitative estimate of drug-likeness (QED) is 0.602. The standard InChI is InChI=1S/C21H25F3N4OS.C2H6/c1-14-17(30-21(22,23)24)15-4-2-5-16(28(15)26-14)25-19-6-3-7-20(8-19,9-19)27-10-18(11-27)12-29-13-18;1-2/h2,4-5,25H,3,6-13H2,1H3;1-2H3. The molecule has 1 spiro atoms. The van der Waals surface area contributed by atoms with Gasteiger partial charge in [-0.25, -0.2) is 4.52 Å². The smallest absolute Gasteiger partial charge is 0.380 e. The van der Waals surface area contributed by atoms with E-state index in [1.165, 1.54) is 12.8 Å². The molecule has 9 heteroatoms. The Morgan fingerprint density at radius 1 is 1.12 bits per heavy atom. The van der Waals surface area contributed by atoms with Crippen LogP contribution in [0.1, 0.15) is 51.6 Å². The number of nitrogens with zero attached hydrogens (tertiary/aromatic N) is 3. The maximum atomic E-state index is 13.0. The predicted molar refractivity (Wildman–Crippen MR) is 120 cm³/mol. The second-order valence-electron chi connectivity index (χ2n) is 9.86. The van der Waals surface area contributed by atoms with Crippen LogP contribution in [0.2, 0.25) is 0 Å². The Balaban J connectivity index is 0.00000105. The van der Waals surface area contributed by atoms with Gasteiger partial charge in [0.15, 0.2) is 0 Å². The number of likely N-dealkylation sites (tertiary alicyclic amines) is 1. The van der Waals surface area contributed by atoms with E-state index in [4.69, 9.17) is 4.74 Å². The zero-order valence-electron chi connectivity index (χ0n) is 18.9. The molecule has 5 nitrogen and oxygen atoms in total. The van der Waals surface area contributed by atoms with Gasteiger partial charge in [-0.1, -0.05) is 19.9 Å². The van der Waals surface area contributed by atoms with E-state index in [0.29, 0.717) is 16.6 Å². The van der Waals surface area contributed by atoms with Gasteiger partial charge in [-0.2, -0.15) is 18.3 Å². The summed E-state index contributed by atoms with van der Waals surface area (Å²) >= 11 is -0.0795. The maximum Gasteiger partial charge on any atom is 0.446 e. The van der Waals surface area contributed by atoms with Crippen LogP contribution in [0.25, 0.3) is 5.52 Å². The van der Waals surface area contributed by atoms with Gasteiger partial charge in [0.25, 0.3) is 0 Å². The van der Waals surface area contributed by atoms with E-state index in [0.717, 1.165) is 51.4 Å². The molecule has 2 aromatic rings. The van der Waals surface area contributed by atoms with Crippen LogP contribution in [0, 0.1) is 12.3 Å². The van der Waals surface area contributed by atoms with Crippen LogP contribution in [0.15, 0.2) is 23.1 Å². The molecule has 1 N–H and O–H groups in total. The first kappa shape index (κ1) is 22.3. The number of hydrogen-bond donors (Lipinski definition) is 1. The van der Waals surface area contributed by atoms with Crippen LogP contribution < -0.4 is 5.32 Å². The van der Waals surface area contributed by atoms with Crippen LogP contribution in [0.4, 0.5) is 19.0 Å². The number of anilines is 1. The summed E-state index contributed by atoms with van der Waals surface area (Å²) in [6.45, 7) is 9.75. The van der Waals surface area contributed by atoms with Crippen LogP contribution in [0.3, 0.4) is 0 Å². The van der Waals surface area contributed by atoms with Crippen molar-refractivity contribution in [3.63, 3.8) is 0 Å². The van der Waals surface area contributed by atoms with Crippen molar-refractivity contribution in [2.75, 3.05) is 31.6 Å². The maximum absolute atomic E-state index is 13.0. The van der Waals surface area contributed by atoms with Crippen molar-refractivity contribution in [2.24, 2.45) is 5.41 Å². The first-order chi connectivity index (χ1) is 15.2. The lowest BCUT2D eigenvalue weighted by atomic mass is 9.52. The van der Waals surface area contributed by atoms with Crippen molar-refractivity contribution in [2.45, 2.75) is 74.4 Å². The summed E-state index contributed by atoms with van der Waals surface area (Å²) in [6.07, 6.45) is 5.70. The average Bonchev–Trinajstić information content (AvgIpc) is 2.96. The molecular weight excluding hydrogens is 437 g/mol. The van der Waals surface area contributed by atoms with Crippen LogP contribution in [0.5, 0.6) is 0 Å². The molecule has 176 valence electrons. The highest BCUT2D eigenvalue weighted by atomic mass is 32.2. The molecule has 0 radical (unpaired) electrons. The van der Waals surface area contributed by atoms with E-state index in [1.54, 1.807) is 17.5 Å². The predicted octanol–water partition coefficient (Wildman–Crippen LogP) is 5.48. The van der Waals surface area contributed by atoms with Gasteiger partial charge in [0.1, 0.15) is 5.82 Å². The Labute approximate surface area is 191 Å². The number of thioether (sulfide) groups is 1. The van der Waals surface area contributed by atoms with E-state index in [2.05, 4.69) is 15.3 Å². The lowest BCUT2D eigenvalue weighted by molar-refractivity contribution is -0.237. The Bertz CT molecular complexity index is 1000. The number of pyridine rings is 1. The number of aromatic nitrogens is 2. The third kappa shape index (κ3) is 3.51. The minimum absolute atomic E-state index is 0.0165. The highest BCUT2D eigenvalue weighted by molar-refractivity contribution is 8.00. The molecule has 0 aromatic carbocycles. The second-order valence-corrected chi connectivity index (χ2v) is 10.9. The molecule has 7 rings (SSSR count). The molecule has 2 aliphatic heterocycles. The van der Waals surface area contributed by atoms with Crippen molar-refractivity contribution in [1.29, 1.82) is 0 Å². The molecule has 0 amide bonds. The molecule has 5 aliphatic rings. The van der Waals surface area contributed by atoms with Gasteiger partial charge in [0, 0.05) is 29.6 Å². The van der Waals surface area contributed by atoms with Crippen molar-refractivity contribution < 1.29 is 17.9 Å². The summed E-state index contributed by atoms with van der Waals surface area (Å²) in [7, 11) is 0. The normalized spacial score (nSPS) is 30.7. The molecule has 5 fully saturated rings. The van der Waals surface area contributed by atoms with Gasteiger partial charge in [0.05, 0.1) is 29.3 Å². The molecule has 0 unspecified atom stereocenters. The van der Waals surface area contributed by atoms with Gasteiger partial charge in [0.2, 0.25) is 0 Å². The van der Waals surface area contributed by atoms with Gasteiger partial charge in [-0.15, -0.1) is 0 Å². The molecule has 0 atom stereocenters. The van der Waals surface area contributed by atoms with Crippen molar-refractivity contribution in [3.8, 4) is 0 Å². The van der Waals surface area contributed by atoms with Crippen LogP contribution in [-0.4, -0.2) is 57.4 Å². The zero-order chi connectivity index (χ0) is 22.8. The Kier molecular flexibility index (Phi) is 5.26. The number of ether oxygens (including phenoxy) is 1. The topological polar surface area (TPSA) is 41.8 Å². The van der Waals surface area contributed by atoms with Gasteiger partial charge in [-0.05, 0) is 62.9 Å². The first-order valence-corrected chi connectivity index (χ1v) is 12.4. The fraction of sp³-hybridized carbons (Fsp3) is 0.696. The molecular formula is C23H31F3N4OS. The second kappa shape index (κ2) is 7.53. The first-order valence-electron chi connectivity index (χ1n) is 11.6. The van der Waals surface area contributed by atoms with Crippen LogP contribution >= 0.6 is 11.8 Å². The Hall–Kier alpha value is -1.45. The molecule has 2 aromatic heterocycles. The Morgan fingerprint density at radius 3 is 2.47 bits per heavy atom. The minimum atomic E-state index is -4.33. The number of fused-ring (bicyclic) bond motifs is 3. The minimum Gasteiger partial charge on any atom is -0.380 e. The zero-order valence-corrected chi connectivity index (χ0v) is 19.7. The number of aryl methyl sites for hydroxylation is 1. The third-order valence-electron chi connectivity index (χ3n) is 7.56. The number of alkyl halides is 3. The molecule has 3 saturated carbocycles. The summed E-state index contributed by atoms with van der Waals surface area (Å²) in [6, 6.07) is 5.46. The van der Waals surface area contributed by atoms with E-state index in [1.807, 2.05) is 26.0 Å². The van der Waals surface area contributed by atoms with Crippen molar-refractivity contribution >= 4 is 23.1 Å². The van der Waals surface area contributed by atoms with Crippen LogP contribution in [-0.2, 0) is 4.74 Å². The van der Waals surface area contributed by atoms with E-state index < -0.39 is 5.51 Å². The van der Waals surface area contributed by atoms with E-state index >= 15 is 0 Å². The lowest BCUT2D eigenvalue weighted by Gasteiger charge is -2.71. The summed E-state index contributed by atoms with van der Waals surface area (Å²) in [5.74, 6) is 0.785. The summed E-state index contributed by atoms with van der Waals surface area (Å²) in [5.41, 5.74) is -2.69. The van der Waals surface area contributed by atoms with Gasteiger partial charge in [-0.3, -0.25) is 4.90 Å². The molecule has 2 saturated heterocycles. The summed E-state index contributed by atoms with van der Waals surface area (Å²) in [5, 5.41) is 8.14. The van der Waals surface area contributed by atoms with Crippen molar-refractivity contribution in [3.05, 3.63) is 23.9 Å². The van der Waals surface area contributed by atoms with E-state index in [9.17, 15) is 13.2 Å². The highest BCUT2D eigenvalue weighted by Gasteiger charge is 2.64. The van der Waals surface area contributed by atoms with Gasteiger partial charge < -0.3 is 10.1 Å². The van der Waals surface area contributed by atoms with Crippen molar-refractivity contribution in [1.82, 2.24) is 14.5 Å². The Morgan fingerprint density at radius 2 is 1.84 bits per heavy atom. The monoisotopic (exact) mass is 468 g/mol. The average molecular weight is 469 g/mol. The summed E-state index contributed by atoms with van der Waals surface area (Å²) in [4.78, 5) is 2.84. The molecule has 32 heavy (non-hydrogen) atoms. The number of rotatable bonds is 4. The fourth-order valence-corrected chi connectivity index (χ4v) is 6.97.